The summed E-state index contributed by atoms with van der Waals surface area (Å²) in [6, 6.07) is 0. The zero-order valence-electron chi connectivity index (χ0n) is 3.65. The van der Waals surface area contributed by atoms with E-state index in [0.717, 1.165) is 11.3 Å². The molecule has 0 spiro atoms. The zero-order valence-corrected chi connectivity index (χ0v) is 4.65. The predicted octanol–water partition coefficient (Wildman–Crippen LogP) is 1.46. The summed E-state index contributed by atoms with van der Waals surface area (Å²) >= 11 is 0. The highest BCUT2D eigenvalue weighted by Crippen LogP contribution is 2.47. The molecule has 0 N–H and O–H groups in total. The maximum absolute atomic E-state index is 2.31. The topological polar surface area (TPSA) is 0 Å². The molecule has 0 nitrogen and oxygen atoms in total. The van der Waals surface area contributed by atoms with Gasteiger partial charge in [0.25, 0.3) is 0 Å². The van der Waals surface area contributed by atoms with Gasteiger partial charge in [-0.25, -0.2) is 0 Å². The van der Waals surface area contributed by atoms with Gasteiger partial charge in [0.05, 0.1) is 0 Å². The highest BCUT2D eigenvalue weighted by Gasteiger charge is 2.26. The minimum atomic E-state index is 1.08. The third-order valence-corrected chi connectivity index (χ3v) is 2.83. The summed E-state index contributed by atoms with van der Waals surface area (Å²) in [6.07, 6.45) is 0. The molecular formula is C4H9P. The Morgan fingerprint density at radius 2 is 1.40 bits per heavy atom. The Bertz CT molecular complexity index is 36.9. The molecule has 2 unspecified atom stereocenters. The third kappa shape index (κ3) is 0.633. The lowest BCUT2D eigenvalue weighted by Gasteiger charge is -1.65. The summed E-state index contributed by atoms with van der Waals surface area (Å²) < 4.78 is 0. The molecule has 0 radical (unpaired) electrons. The Kier molecular flexibility index (Phi) is 0.682. The van der Waals surface area contributed by atoms with E-state index in [-0.39, 0.29) is 0 Å². The summed E-state index contributed by atoms with van der Waals surface area (Å²) in [5, 5.41) is 0. The van der Waals surface area contributed by atoms with Gasteiger partial charge in [-0.05, 0) is 11.3 Å². The number of hydrogen-bond acceptors (Lipinski definition) is 0. The number of hydrogen-bond donors (Lipinski definition) is 0. The highest BCUT2D eigenvalue weighted by molar-refractivity contribution is 7.48. The fraction of sp³-hybridized carbons (Fsp3) is 1.00. The smallest absolute Gasteiger partial charge is 0.0200 e. The molecule has 0 aromatic heterocycles. The van der Waals surface area contributed by atoms with Crippen LogP contribution in [0.2, 0.25) is 0 Å². The van der Waals surface area contributed by atoms with Crippen molar-refractivity contribution < 1.29 is 0 Å². The van der Waals surface area contributed by atoms with Crippen LogP contribution in [0.5, 0.6) is 0 Å². The molecule has 5 heavy (non-hydrogen) atoms. The largest absolute Gasteiger partial charge is 0.115 e. The maximum atomic E-state index is 2.31. The molecule has 0 bridgehead atoms. The quantitative estimate of drug-likeness (QED) is 0.393. The molecule has 0 amide bonds. The van der Waals surface area contributed by atoms with Gasteiger partial charge in [-0.2, -0.15) is 0 Å². The Labute approximate surface area is 34.7 Å². The molecule has 1 fully saturated rings. The van der Waals surface area contributed by atoms with Crippen LogP contribution in [-0.4, -0.2) is 11.3 Å². The zero-order chi connectivity index (χ0) is 3.86. The molecule has 1 heterocycles. The van der Waals surface area contributed by atoms with Crippen LogP contribution in [0.25, 0.3) is 0 Å². The van der Waals surface area contributed by atoms with Crippen molar-refractivity contribution in [2.24, 2.45) is 0 Å². The monoisotopic (exact) mass is 88.0 g/mol. The molecule has 0 aromatic rings. The van der Waals surface area contributed by atoms with Crippen LogP contribution in [0.15, 0.2) is 0 Å². The van der Waals surface area contributed by atoms with E-state index < -0.39 is 0 Å². The highest BCUT2D eigenvalue weighted by atomic mass is 31.1. The molecule has 0 aliphatic carbocycles. The molecule has 1 aliphatic heterocycles. The lowest BCUT2D eigenvalue weighted by molar-refractivity contribution is 1.05. The van der Waals surface area contributed by atoms with Gasteiger partial charge < -0.3 is 0 Å². The second-order valence-electron chi connectivity index (χ2n) is 1.74. The molecular weight excluding hydrogens is 79.0 g/mol. The van der Waals surface area contributed by atoms with Crippen molar-refractivity contribution in [1.82, 2.24) is 0 Å². The molecule has 0 aromatic carbocycles. The number of rotatable bonds is 0. The predicted molar refractivity (Wildman–Crippen MR) is 27.2 cm³/mol. The van der Waals surface area contributed by atoms with Crippen molar-refractivity contribution in [2.45, 2.75) is 25.2 Å². The fourth-order valence-corrected chi connectivity index (χ4v) is 1.08. The molecule has 1 aliphatic rings. The van der Waals surface area contributed by atoms with Crippen LogP contribution in [0, 0.1) is 0 Å². The van der Waals surface area contributed by atoms with Crippen molar-refractivity contribution in [2.75, 3.05) is 0 Å². The van der Waals surface area contributed by atoms with E-state index in [9.17, 15) is 0 Å². The minimum Gasteiger partial charge on any atom is -0.115 e. The Morgan fingerprint density at radius 3 is 1.40 bits per heavy atom. The second kappa shape index (κ2) is 0.944. The molecule has 0 saturated carbocycles. The van der Waals surface area contributed by atoms with E-state index in [2.05, 4.69) is 13.8 Å². The average molecular weight is 88.1 g/mol. The van der Waals surface area contributed by atoms with Gasteiger partial charge in [-0.1, -0.05) is 13.8 Å². The van der Waals surface area contributed by atoms with E-state index in [1.54, 1.807) is 0 Å². The van der Waals surface area contributed by atoms with Crippen molar-refractivity contribution in [3.8, 4) is 0 Å². The first-order valence-electron chi connectivity index (χ1n) is 2.07. The third-order valence-electron chi connectivity index (χ3n) is 1.17. The van der Waals surface area contributed by atoms with E-state index in [1.807, 2.05) is 0 Å². The van der Waals surface area contributed by atoms with Crippen LogP contribution in [-0.2, 0) is 0 Å². The second-order valence-corrected chi connectivity index (χ2v) is 3.90. The van der Waals surface area contributed by atoms with Crippen molar-refractivity contribution in [3.63, 3.8) is 0 Å². The lowest BCUT2D eigenvalue weighted by Crippen LogP contribution is -1.74. The van der Waals surface area contributed by atoms with Crippen LogP contribution in [0.4, 0.5) is 0 Å². The first-order valence-corrected chi connectivity index (χ1v) is 3.22. The molecule has 30 valence electrons. The van der Waals surface area contributed by atoms with Crippen LogP contribution < -0.4 is 0 Å². The van der Waals surface area contributed by atoms with Gasteiger partial charge in [0.1, 0.15) is 0 Å². The van der Waals surface area contributed by atoms with Gasteiger partial charge in [-0.15, -0.1) is 8.58 Å². The van der Waals surface area contributed by atoms with E-state index in [4.69, 9.17) is 0 Å². The summed E-state index contributed by atoms with van der Waals surface area (Å²) in [5.41, 5.74) is 2.16. The minimum absolute atomic E-state index is 1.08. The Balaban J connectivity index is 2.20. The van der Waals surface area contributed by atoms with E-state index >= 15 is 0 Å². The fourth-order valence-electron chi connectivity index (χ4n) is 0.359. The molecule has 1 rings (SSSR count). The van der Waals surface area contributed by atoms with Crippen LogP contribution in [0.1, 0.15) is 13.8 Å². The van der Waals surface area contributed by atoms with E-state index in [0.29, 0.717) is 0 Å². The van der Waals surface area contributed by atoms with Crippen molar-refractivity contribution >= 4 is 8.58 Å². The molecule has 1 heteroatoms. The summed E-state index contributed by atoms with van der Waals surface area (Å²) in [6.45, 7) is 4.62. The first kappa shape index (κ1) is 3.61. The van der Waals surface area contributed by atoms with Gasteiger partial charge in [0.15, 0.2) is 0 Å². The summed E-state index contributed by atoms with van der Waals surface area (Å²) in [4.78, 5) is 0. The lowest BCUT2D eigenvalue weighted by atomic mass is 10.4. The van der Waals surface area contributed by atoms with Crippen LogP contribution in [0.3, 0.4) is 0 Å². The average Bonchev–Trinajstić information content (AvgIpc) is 1.79. The van der Waals surface area contributed by atoms with Gasteiger partial charge >= 0.3 is 0 Å². The molecule has 1 saturated heterocycles. The Hall–Kier alpha value is 0.430. The SMILES string of the molecule is CC1PC1C. The first-order chi connectivity index (χ1) is 2.30. The normalized spacial score (nSPS) is 54.0. The summed E-state index contributed by atoms with van der Waals surface area (Å²) in [7, 11) is 1.28. The summed E-state index contributed by atoms with van der Waals surface area (Å²) in [5.74, 6) is 0. The maximum Gasteiger partial charge on any atom is -0.0200 e. The Morgan fingerprint density at radius 1 is 1.20 bits per heavy atom. The van der Waals surface area contributed by atoms with E-state index in [1.165, 1.54) is 8.58 Å². The molecule has 2 atom stereocenters. The van der Waals surface area contributed by atoms with Gasteiger partial charge in [0.2, 0.25) is 0 Å². The van der Waals surface area contributed by atoms with Crippen molar-refractivity contribution in [1.29, 1.82) is 0 Å². The van der Waals surface area contributed by atoms with Gasteiger partial charge in [0, 0.05) is 0 Å². The van der Waals surface area contributed by atoms with Gasteiger partial charge in [-0.3, -0.25) is 0 Å². The van der Waals surface area contributed by atoms with Crippen LogP contribution >= 0.6 is 8.58 Å². The van der Waals surface area contributed by atoms with Crippen molar-refractivity contribution in [3.05, 3.63) is 0 Å². The standard InChI is InChI=1S/C4H9P/c1-3-4(2)5-3/h3-5H,1-2H3.